The van der Waals surface area contributed by atoms with Crippen molar-refractivity contribution in [1.29, 1.82) is 0 Å². The van der Waals surface area contributed by atoms with Crippen LogP contribution in [-0.2, 0) is 16.0 Å². The number of anilines is 1. The summed E-state index contributed by atoms with van der Waals surface area (Å²) in [7, 11) is 0. The lowest BCUT2D eigenvalue weighted by Crippen LogP contribution is -2.32. The fourth-order valence-electron chi connectivity index (χ4n) is 2.05. The van der Waals surface area contributed by atoms with E-state index in [9.17, 15) is 0 Å². The molecule has 1 unspecified atom stereocenters. The third-order valence-electron chi connectivity index (χ3n) is 3.05. The predicted molar refractivity (Wildman–Crippen MR) is 75.9 cm³/mol. The second-order valence-corrected chi connectivity index (χ2v) is 5.34. The summed E-state index contributed by atoms with van der Waals surface area (Å²) in [5.41, 5.74) is 7.41. The summed E-state index contributed by atoms with van der Waals surface area (Å²) in [6, 6.07) is 5.63. The van der Waals surface area contributed by atoms with Gasteiger partial charge >= 0.3 is 0 Å². The van der Waals surface area contributed by atoms with Gasteiger partial charge in [0.1, 0.15) is 6.10 Å². The van der Waals surface area contributed by atoms with Crippen molar-refractivity contribution in [1.82, 2.24) is 20.2 Å². The molecular weight excluding hydrogens is 326 g/mol. The highest BCUT2D eigenvalue weighted by Gasteiger charge is 2.18. The van der Waals surface area contributed by atoms with E-state index in [1.54, 1.807) is 4.68 Å². The SMILES string of the molecule is Nc1cc(-c2nnnn2CC2COCCO2)ccc1Br. The van der Waals surface area contributed by atoms with Crippen LogP contribution in [-0.4, -0.2) is 46.1 Å². The Labute approximate surface area is 124 Å². The minimum Gasteiger partial charge on any atom is -0.398 e. The van der Waals surface area contributed by atoms with E-state index in [1.807, 2.05) is 18.2 Å². The van der Waals surface area contributed by atoms with Gasteiger partial charge in [-0.15, -0.1) is 5.10 Å². The number of tetrazole rings is 1. The predicted octanol–water partition coefficient (Wildman–Crippen LogP) is 1.10. The first kappa shape index (κ1) is 13.5. The molecule has 0 amide bonds. The van der Waals surface area contributed by atoms with Crippen LogP contribution in [0.4, 0.5) is 5.69 Å². The first-order valence-electron chi connectivity index (χ1n) is 6.25. The molecule has 0 spiro atoms. The molecule has 0 saturated carbocycles. The Morgan fingerprint density at radius 2 is 2.30 bits per heavy atom. The van der Waals surface area contributed by atoms with Crippen molar-refractivity contribution in [3.05, 3.63) is 22.7 Å². The fraction of sp³-hybridized carbons (Fsp3) is 0.417. The zero-order valence-corrected chi connectivity index (χ0v) is 12.3. The van der Waals surface area contributed by atoms with Crippen molar-refractivity contribution < 1.29 is 9.47 Å². The van der Waals surface area contributed by atoms with Crippen LogP contribution in [0.3, 0.4) is 0 Å². The molecule has 2 aromatic rings. The minimum absolute atomic E-state index is 0.0289. The first-order valence-corrected chi connectivity index (χ1v) is 7.04. The second-order valence-electron chi connectivity index (χ2n) is 4.49. The topological polar surface area (TPSA) is 88.1 Å². The van der Waals surface area contributed by atoms with E-state index in [-0.39, 0.29) is 6.10 Å². The molecular formula is C12H14BrN5O2. The van der Waals surface area contributed by atoms with Gasteiger partial charge in [0.2, 0.25) is 0 Å². The largest absolute Gasteiger partial charge is 0.398 e. The van der Waals surface area contributed by atoms with Gasteiger partial charge in [0.25, 0.3) is 0 Å². The van der Waals surface area contributed by atoms with E-state index < -0.39 is 0 Å². The number of benzene rings is 1. The van der Waals surface area contributed by atoms with Gasteiger partial charge in [0.15, 0.2) is 5.82 Å². The number of ether oxygens (including phenoxy) is 2. The van der Waals surface area contributed by atoms with Crippen LogP contribution in [0.5, 0.6) is 0 Å². The third kappa shape index (κ3) is 2.82. The van der Waals surface area contributed by atoms with Crippen LogP contribution in [0, 0.1) is 0 Å². The molecule has 2 heterocycles. The first-order chi connectivity index (χ1) is 9.74. The number of halogens is 1. The summed E-state index contributed by atoms with van der Waals surface area (Å²) in [5.74, 6) is 0.665. The second kappa shape index (κ2) is 5.86. The van der Waals surface area contributed by atoms with Crippen molar-refractivity contribution >= 4 is 21.6 Å². The Bertz CT molecular complexity index is 597. The molecule has 20 heavy (non-hydrogen) atoms. The summed E-state index contributed by atoms with van der Waals surface area (Å²) in [4.78, 5) is 0. The molecule has 1 saturated heterocycles. The van der Waals surface area contributed by atoms with E-state index in [2.05, 4.69) is 31.5 Å². The summed E-state index contributed by atoms with van der Waals surface area (Å²) in [5, 5.41) is 11.8. The summed E-state index contributed by atoms with van der Waals surface area (Å²) >= 11 is 3.37. The molecule has 106 valence electrons. The van der Waals surface area contributed by atoms with E-state index in [0.717, 1.165) is 10.0 Å². The standard InChI is InChI=1S/C12H14BrN5O2/c13-10-2-1-8(5-11(10)14)12-15-16-17-18(12)6-9-7-19-3-4-20-9/h1-2,5,9H,3-4,6-7,14H2. The quantitative estimate of drug-likeness (QED) is 0.842. The van der Waals surface area contributed by atoms with Gasteiger partial charge in [0, 0.05) is 15.7 Å². The fourth-order valence-corrected chi connectivity index (χ4v) is 2.30. The van der Waals surface area contributed by atoms with Crippen molar-refractivity contribution in [2.24, 2.45) is 0 Å². The van der Waals surface area contributed by atoms with Gasteiger partial charge in [-0.2, -0.15) is 0 Å². The number of nitrogen functional groups attached to an aromatic ring is 1. The zero-order valence-electron chi connectivity index (χ0n) is 10.7. The molecule has 1 aliphatic rings. The molecule has 1 fully saturated rings. The number of nitrogens with zero attached hydrogens (tertiary/aromatic N) is 4. The Morgan fingerprint density at radius 3 is 3.05 bits per heavy atom. The average molecular weight is 340 g/mol. The van der Waals surface area contributed by atoms with Gasteiger partial charge in [-0.3, -0.25) is 0 Å². The van der Waals surface area contributed by atoms with Crippen LogP contribution >= 0.6 is 15.9 Å². The molecule has 1 aromatic heterocycles. The van der Waals surface area contributed by atoms with Crippen LogP contribution in [0.15, 0.2) is 22.7 Å². The maximum atomic E-state index is 5.89. The highest BCUT2D eigenvalue weighted by Crippen LogP contribution is 2.25. The lowest BCUT2D eigenvalue weighted by atomic mass is 10.2. The van der Waals surface area contributed by atoms with E-state index >= 15 is 0 Å². The molecule has 1 aromatic carbocycles. The van der Waals surface area contributed by atoms with Crippen molar-refractivity contribution in [2.45, 2.75) is 12.6 Å². The Morgan fingerprint density at radius 1 is 1.40 bits per heavy atom. The molecule has 0 radical (unpaired) electrons. The Kier molecular flexibility index (Phi) is 3.95. The summed E-state index contributed by atoms with van der Waals surface area (Å²) < 4.78 is 13.6. The maximum Gasteiger partial charge on any atom is 0.182 e. The zero-order chi connectivity index (χ0) is 13.9. The molecule has 1 aliphatic heterocycles. The minimum atomic E-state index is -0.0289. The van der Waals surface area contributed by atoms with Gasteiger partial charge in [0.05, 0.1) is 26.4 Å². The lowest BCUT2D eigenvalue weighted by molar-refractivity contribution is -0.0946. The molecule has 0 bridgehead atoms. The number of nitrogens with two attached hydrogens (primary N) is 1. The van der Waals surface area contributed by atoms with Crippen LogP contribution in [0.25, 0.3) is 11.4 Å². The Balaban J connectivity index is 1.83. The van der Waals surface area contributed by atoms with Gasteiger partial charge in [-0.05, 0) is 44.6 Å². The normalized spacial score (nSPS) is 19.1. The molecule has 1 atom stereocenters. The van der Waals surface area contributed by atoms with Crippen LogP contribution in [0.2, 0.25) is 0 Å². The van der Waals surface area contributed by atoms with Crippen molar-refractivity contribution in [3.8, 4) is 11.4 Å². The lowest BCUT2D eigenvalue weighted by Gasteiger charge is -2.22. The summed E-state index contributed by atoms with van der Waals surface area (Å²) in [6.45, 7) is 2.36. The van der Waals surface area contributed by atoms with Crippen LogP contribution in [0.1, 0.15) is 0 Å². The van der Waals surface area contributed by atoms with E-state index in [4.69, 9.17) is 15.2 Å². The van der Waals surface area contributed by atoms with Gasteiger partial charge < -0.3 is 15.2 Å². The number of aromatic nitrogens is 4. The van der Waals surface area contributed by atoms with E-state index in [1.165, 1.54) is 0 Å². The number of hydrogen-bond acceptors (Lipinski definition) is 6. The molecule has 8 heteroatoms. The summed E-state index contributed by atoms with van der Waals surface area (Å²) in [6.07, 6.45) is -0.0289. The number of hydrogen-bond donors (Lipinski definition) is 1. The van der Waals surface area contributed by atoms with Crippen molar-refractivity contribution in [3.63, 3.8) is 0 Å². The average Bonchev–Trinajstić information content (AvgIpc) is 2.91. The molecule has 7 nitrogen and oxygen atoms in total. The monoisotopic (exact) mass is 339 g/mol. The van der Waals surface area contributed by atoms with E-state index in [0.29, 0.717) is 37.9 Å². The van der Waals surface area contributed by atoms with Crippen molar-refractivity contribution in [2.75, 3.05) is 25.6 Å². The molecule has 3 rings (SSSR count). The maximum absolute atomic E-state index is 5.89. The number of rotatable bonds is 3. The smallest absolute Gasteiger partial charge is 0.182 e. The molecule has 2 N–H and O–H groups in total. The third-order valence-corrected chi connectivity index (χ3v) is 3.77. The highest BCUT2D eigenvalue weighted by molar-refractivity contribution is 9.10. The highest BCUT2D eigenvalue weighted by atomic mass is 79.9. The van der Waals surface area contributed by atoms with Crippen LogP contribution < -0.4 is 5.73 Å². The van der Waals surface area contributed by atoms with Gasteiger partial charge in [-0.1, -0.05) is 0 Å². The Hall–Kier alpha value is -1.51. The molecule has 0 aliphatic carbocycles. The van der Waals surface area contributed by atoms with Gasteiger partial charge in [-0.25, -0.2) is 4.68 Å².